The molecule has 0 atom stereocenters. The van der Waals surface area contributed by atoms with Crippen LogP contribution in [-0.4, -0.2) is 40.2 Å². The molecule has 0 radical (unpaired) electrons. The first kappa shape index (κ1) is 22.1. The number of methoxy groups -OCH3 is 4. The smallest absolute Gasteiger partial charge is 0.306 e. The monoisotopic (exact) mass is 402 g/mol. The van der Waals surface area contributed by atoms with Crippen molar-refractivity contribution in [1.29, 1.82) is 0 Å². The first-order chi connectivity index (χ1) is 13.9. The second kappa shape index (κ2) is 10.4. The molecule has 0 bridgehead atoms. The SMILES string of the molecule is COc1ccc(C(C)=O)cc1COC(=O)CCc1cc(OC)c(OC)c(OC)c1. The molecule has 29 heavy (non-hydrogen) atoms. The van der Waals surface area contributed by atoms with E-state index in [0.717, 1.165) is 5.56 Å². The summed E-state index contributed by atoms with van der Waals surface area (Å²) in [6, 6.07) is 8.64. The number of benzene rings is 2. The van der Waals surface area contributed by atoms with E-state index in [9.17, 15) is 9.59 Å². The van der Waals surface area contributed by atoms with E-state index in [4.69, 9.17) is 23.7 Å². The maximum absolute atomic E-state index is 12.2. The summed E-state index contributed by atoms with van der Waals surface area (Å²) in [5, 5.41) is 0. The molecule has 0 N–H and O–H groups in total. The Bertz CT molecular complexity index is 848. The molecule has 0 aliphatic carbocycles. The molecular formula is C22H26O7. The molecule has 0 saturated heterocycles. The van der Waals surface area contributed by atoms with Crippen LogP contribution >= 0.6 is 0 Å². The van der Waals surface area contributed by atoms with E-state index in [1.54, 1.807) is 30.3 Å². The summed E-state index contributed by atoms with van der Waals surface area (Å²) in [5.41, 5.74) is 2.03. The van der Waals surface area contributed by atoms with Gasteiger partial charge in [-0.15, -0.1) is 0 Å². The summed E-state index contributed by atoms with van der Waals surface area (Å²) in [6.07, 6.45) is 0.619. The number of hydrogen-bond acceptors (Lipinski definition) is 7. The topological polar surface area (TPSA) is 80.3 Å². The molecule has 0 heterocycles. The molecule has 2 aromatic rings. The highest BCUT2D eigenvalue weighted by molar-refractivity contribution is 5.94. The van der Waals surface area contributed by atoms with Crippen LogP contribution in [0.25, 0.3) is 0 Å². The van der Waals surface area contributed by atoms with Gasteiger partial charge in [-0.2, -0.15) is 0 Å². The normalized spacial score (nSPS) is 10.2. The van der Waals surface area contributed by atoms with E-state index in [1.807, 2.05) is 0 Å². The van der Waals surface area contributed by atoms with E-state index in [1.165, 1.54) is 35.4 Å². The van der Waals surface area contributed by atoms with Gasteiger partial charge < -0.3 is 23.7 Å². The Balaban J connectivity index is 2.02. The number of ketones is 1. The van der Waals surface area contributed by atoms with Crippen molar-refractivity contribution in [1.82, 2.24) is 0 Å². The molecule has 7 heteroatoms. The molecule has 0 spiro atoms. The van der Waals surface area contributed by atoms with Gasteiger partial charge in [-0.3, -0.25) is 9.59 Å². The molecule has 2 rings (SSSR count). The number of carbonyl (C=O) groups excluding carboxylic acids is 2. The van der Waals surface area contributed by atoms with Crippen LogP contribution in [0.4, 0.5) is 0 Å². The lowest BCUT2D eigenvalue weighted by Crippen LogP contribution is -2.08. The molecule has 0 aliphatic heterocycles. The van der Waals surface area contributed by atoms with Gasteiger partial charge in [0, 0.05) is 17.5 Å². The molecule has 2 aromatic carbocycles. The van der Waals surface area contributed by atoms with Crippen LogP contribution in [0.2, 0.25) is 0 Å². The number of carbonyl (C=O) groups is 2. The van der Waals surface area contributed by atoms with E-state index in [2.05, 4.69) is 0 Å². The van der Waals surface area contributed by atoms with Crippen molar-refractivity contribution in [3.63, 3.8) is 0 Å². The zero-order chi connectivity index (χ0) is 21.4. The Morgan fingerprint density at radius 1 is 0.828 bits per heavy atom. The Morgan fingerprint density at radius 3 is 1.97 bits per heavy atom. The quantitative estimate of drug-likeness (QED) is 0.444. The van der Waals surface area contributed by atoms with Crippen molar-refractivity contribution in [3.05, 3.63) is 47.0 Å². The standard InChI is InChI=1S/C22H26O7/c1-14(23)16-7-8-18(25-2)17(12-16)13-29-21(24)9-6-15-10-19(26-3)22(28-5)20(11-15)27-4/h7-8,10-12H,6,9,13H2,1-5H3. The molecule has 0 aliphatic rings. The van der Waals surface area contributed by atoms with Crippen molar-refractivity contribution in [2.75, 3.05) is 28.4 Å². The molecule has 7 nitrogen and oxygen atoms in total. The maximum Gasteiger partial charge on any atom is 0.306 e. The fourth-order valence-electron chi connectivity index (χ4n) is 2.87. The highest BCUT2D eigenvalue weighted by Gasteiger charge is 2.15. The number of ether oxygens (including phenoxy) is 5. The van der Waals surface area contributed by atoms with Crippen molar-refractivity contribution in [3.8, 4) is 23.0 Å². The van der Waals surface area contributed by atoms with Crippen molar-refractivity contribution >= 4 is 11.8 Å². The summed E-state index contributed by atoms with van der Waals surface area (Å²) in [6.45, 7) is 1.51. The van der Waals surface area contributed by atoms with Gasteiger partial charge in [-0.05, 0) is 49.2 Å². The molecule has 0 fully saturated rings. The third-order valence-corrected chi connectivity index (χ3v) is 4.42. The molecule has 0 saturated carbocycles. The highest BCUT2D eigenvalue weighted by atomic mass is 16.5. The third kappa shape index (κ3) is 5.63. The predicted octanol–water partition coefficient (Wildman–Crippen LogP) is 3.60. The number of aryl methyl sites for hydroxylation is 1. The third-order valence-electron chi connectivity index (χ3n) is 4.42. The van der Waals surface area contributed by atoms with Gasteiger partial charge >= 0.3 is 5.97 Å². The zero-order valence-electron chi connectivity index (χ0n) is 17.4. The summed E-state index contributed by atoms with van der Waals surface area (Å²) >= 11 is 0. The Labute approximate surface area is 170 Å². The van der Waals surface area contributed by atoms with Crippen molar-refractivity contribution < 1.29 is 33.3 Å². The fourth-order valence-corrected chi connectivity index (χ4v) is 2.87. The second-order valence-electron chi connectivity index (χ2n) is 6.28. The number of hydrogen-bond donors (Lipinski definition) is 0. The lowest BCUT2D eigenvalue weighted by Gasteiger charge is -2.14. The Morgan fingerprint density at radius 2 is 1.45 bits per heavy atom. The first-order valence-electron chi connectivity index (χ1n) is 9.05. The van der Waals surface area contributed by atoms with Gasteiger partial charge in [0.05, 0.1) is 28.4 Å². The lowest BCUT2D eigenvalue weighted by atomic mass is 10.1. The maximum atomic E-state index is 12.2. The van der Waals surface area contributed by atoms with E-state index < -0.39 is 0 Å². The van der Waals surface area contributed by atoms with Gasteiger partial charge in [-0.25, -0.2) is 0 Å². The van der Waals surface area contributed by atoms with Crippen LogP contribution in [0.3, 0.4) is 0 Å². The van der Waals surface area contributed by atoms with Crippen LogP contribution in [0.15, 0.2) is 30.3 Å². The predicted molar refractivity (Wildman–Crippen MR) is 107 cm³/mol. The van der Waals surface area contributed by atoms with Crippen molar-refractivity contribution in [2.45, 2.75) is 26.4 Å². The van der Waals surface area contributed by atoms with Gasteiger partial charge in [0.25, 0.3) is 0 Å². The fraction of sp³-hybridized carbons (Fsp3) is 0.364. The zero-order valence-corrected chi connectivity index (χ0v) is 17.4. The van der Waals surface area contributed by atoms with Crippen LogP contribution in [0.5, 0.6) is 23.0 Å². The summed E-state index contributed by atoms with van der Waals surface area (Å²) < 4.78 is 26.6. The first-order valence-corrected chi connectivity index (χ1v) is 9.05. The molecule has 156 valence electrons. The number of rotatable bonds is 10. The van der Waals surface area contributed by atoms with Crippen LogP contribution < -0.4 is 18.9 Å². The lowest BCUT2D eigenvalue weighted by molar-refractivity contribution is -0.144. The minimum atomic E-state index is -0.367. The molecule has 0 aromatic heterocycles. The minimum Gasteiger partial charge on any atom is -0.496 e. The van der Waals surface area contributed by atoms with E-state index >= 15 is 0 Å². The second-order valence-corrected chi connectivity index (χ2v) is 6.28. The number of esters is 1. The van der Waals surface area contributed by atoms with Gasteiger partial charge in [-0.1, -0.05) is 0 Å². The summed E-state index contributed by atoms with van der Waals surface area (Å²) in [5.74, 6) is 1.69. The average Bonchev–Trinajstić information content (AvgIpc) is 2.74. The molecule has 0 amide bonds. The molecular weight excluding hydrogens is 376 g/mol. The van der Waals surface area contributed by atoms with Gasteiger partial charge in [0.2, 0.25) is 5.75 Å². The van der Waals surface area contributed by atoms with Crippen LogP contribution in [0.1, 0.15) is 34.8 Å². The van der Waals surface area contributed by atoms with Gasteiger partial charge in [0.1, 0.15) is 12.4 Å². The highest BCUT2D eigenvalue weighted by Crippen LogP contribution is 2.38. The Hall–Kier alpha value is -3.22. The van der Waals surface area contributed by atoms with Gasteiger partial charge in [0.15, 0.2) is 17.3 Å². The van der Waals surface area contributed by atoms with Crippen LogP contribution in [0, 0.1) is 0 Å². The van der Waals surface area contributed by atoms with Crippen LogP contribution in [-0.2, 0) is 22.6 Å². The summed E-state index contributed by atoms with van der Waals surface area (Å²) in [4.78, 5) is 23.8. The van der Waals surface area contributed by atoms with E-state index in [0.29, 0.717) is 40.5 Å². The molecule has 0 unspecified atom stereocenters. The largest absolute Gasteiger partial charge is 0.496 e. The average molecular weight is 402 g/mol. The summed E-state index contributed by atoms with van der Waals surface area (Å²) in [7, 11) is 6.14. The van der Waals surface area contributed by atoms with Crippen molar-refractivity contribution in [2.24, 2.45) is 0 Å². The van der Waals surface area contributed by atoms with E-state index in [-0.39, 0.29) is 24.8 Å². The minimum absolute atomic E-state index is 0.0262. The Kier molecular flexibility index (Phi) is 7.88. The number of Topliss-reactive ketones (excluding diaryl/α,β-unsaturated/α-hetero) is 1.